The van der Waals surface area contributed by atoms with Crippen LogP contribution in [0.4, 0.5) is 11.4 Å². The van der Waals surface area contributed by atoms with Gasteiger partial charge in [0.25, 0.3) is 0 Å². The number of nitrogens with zero attached hydrogens (tertiary/aromatic N) is 1. The molecule has 1 aliphatic rings. The number of rotatable bonds is 3. The third kappa shape index (κ3) is 2.40. The molecular formula is C24H23NO. The fourth-order valence-electron chi connectivity index (χ4n) is 4.44. The number of para-hydroxylation sites is 3. The Hall–Kier alpha value is -2.74. The van der Waals surface area contributed by atoms with Gasteiger partial charge >= 0.3 is 0 Å². The molecule has 4 aromatic rings. The van der Waals surface area contributed by atoms with Crippen LogP contribution in [0.2, 0.25) is 0 Å². The van der Waals surface area contributed by atoms with Crippen LogP contribution in [-0.4, -0.2) is 7.05 Å². The smallest absolute Gasteiger partial charge is 0.159 e. The third-order valence-electron chi connectivity index (χ3n) is 5.83. The van der Waals surface area contributed by atoms with E-state index in [1.165, 1.54) is 42.0 Å². The molecule has 0 N–H and O–H groups in total. The van der Waals surface area contributed by atoms with E-state index in [-0.39, 0.29) is 0 Å². The molecule has 1 aromatic heterocycles. The lowest BCUT2D eigenvalue weighted by atomic mass is 9.95. The van der Waals surface area contributed by atoms with Crippen LogP contribution in [0.5, 0.6) is 0 Å². The summed E-state index contributed by atoms with van der Waals surface area (Å²) < 4.78 is 6.53. The van der Waals surface area contributed by atoms with Gasteiger partial charge in [0.05, 0.1) is 5.69 Å². The Morgan fingerprint density at radius 2 is 1.46 bits per heavy atom. The van der Waals surface area contributed by atoms with E-state index in [0.717, 1.165) is 22.5 Å². The molecule has 0 amide bonds. The minimum atomic E-state index is 0.648. The Balaban J connectivity index is 1.71. The lowest BCUT2D eigenvalue weighted by molar-refractivity contribution is 0.643. The second-order valence-electron chi connectivity index (χ2n) is 7.36. The lowest BCUT2D eigenvalue weighted by Gasteiger charge is -2.19. The monoisotopic (exact) mass is 341 g/mol. The normalized spacial score (nSPS) is 15.1. The molecule has 1 saturated carbocycles. The van der Waals surface area contributed by atoms with Crippen LogP contribution in [0.1, 0.15) is 37.2 Å². The zero-order valence-corrected chi connectivity index (χ0v) is 15.1. The molecule has 0 radical (unpaired) electrons. The summed E-state index contributed by atoms with van der Waals surface area (Å²) >= 11 is 0. The van der Waals surface area contributed by atoms with Crippen LogP contribution in [0.25, 0.3) is 21.9 Å². The molecule has 1 heterocycles. The largest absolute Gasteiger partial charge is 0.454 e. The second kappa shape index (κ2) is 6.21. The van der Waals surface area contributed by atoms with Crippen molar-refractivity contribution < 1.29 is 4.42 Å². The minimum absolute atomic E-state index is 0.648. The van der Waals surface area contributed by atoms with Crippen molar-refractivity contribution in [3.63, 3.8) is 0 Å². The summed E-state index contributed by atoms with van der Waals surface area (Å²) in [4.78, 5) is 2.21. The zero-order chi connectivity index (χ0) is 17.5. The van der Waals surface area contributed by atoms with Gasteiger partial charge in [-0.15, -0.1) is 0 Å². The fraction of sp³-hybridized carbons (Fsp3) is 0.250. The Kier molecular flexibility index (Phi) is 3.70. The van der Waals surface area contributed by atoms with Crippen LogP contribution in [0.15, 0.2) is 71.1 Å². The van der Waals surface area contributed by atoms with Crippen LogP contribution in [-0.2, 0) is 0 Å². The number of anilines is 2. The summed E-state index contributed by atoms with van der Waals surface area (Å²) in [7, 11) is 2.11. The summed E-state index contributed by atoms with van der Waals surface area (Å²) in [6.07, 6.45) is 5.24. The standard InChI is InChI=1S/C24H23NO/c1-25(18-11-3-2-4-12-18)22-16-8-15-21-20-14-7-13-19(17-9-5-6-10-17)23(20)26-24(21)22/h2-4,7-8,11-17H,5-6,9-10H2,1H3. The van der Waals surface area contributed by atoms with E-state index in [9.17, 15) is 0 Å². The van der Waals surface area contributed by atoms with Crippen molar-refractivity contribution >= 4 is 33.3 Å². The molecule has 0 atom stereocenters. The van der Waals surface area contributed by atoms with Gasteiger partial charge in [0.2, 0.25) is 0 Å². The van der Waals surface area contributed by atoms with E-state index in [0.29, 0.717) is 5.92 Å². The third-order valence-corrected chi connectivity index (χ3v) is 5.83. The predicted octanol–water partition coefficient (Wildman–Crippen LogP) is 7.01. The molecule has 1 fully saturated rings. The fourth-order valence-corrected chi connectivity index (χ4v) is 4.44. The molecule has 26 heavy (non-hydrogen) atoms. The average Bonchev–Trinajstić information content (AvgIpc) is 3.35. The van der Waals surface area contributed by atoms with Crippen molar-refractivity contribution in [2.45, 2.75) is 31.6 Å². The predicted molar refractivity (Wildman–Crippen MR) is 109 cm³/mol. The highest BCUT2D eigenvalue weighted by molar-refractivity contribution is 6.10. The first-order valence-corrected chi connectivity index (χ1v) is 9.56. The van der Waals surface area contributed by atoms with Gasteiger partial charge in [0.1, 0.15) is 5.58 Å². The number of furan rings is 1. The van der Waals surface area contributed by atoms with Crippen LogP contribution >= 0.6 is 0 Å². The highest BCUT2D eigenvalue weighted by Crippen LogP contribution is 2.42. The second-order valence-corrected chi connectivity index (χ2v) is 7.36. The molecule has 2 nitrogen and oxygen atoms in total. The van der Waals surface area contributed by atoms with Crippen LogP contribution < -0.4 is 4.90 Å². The Morgan fingerprint density at radius 3 is 2.23 bits per heavy atom. The van der Waals surface area contributed by atoms with E-state index in [4.69, 9.17) is 4.42 Å². The first-order valence-electron chi connectivity index (χ1n) is 9.56. The molecule has 2 heteroatoms. The van der Waals surface area contributed by atoms with Gasteiger partial charge in [0.15, 0.2) is 5.58 Å². The zero-order valence-electron chi connectivity index (χ0n) is 15.1. The summed E-state index contributed by atoms with van der Waals surface area (Å²) in [6.45, 7) is 0. The lowest BCUT2D eigenvalue weighted by Crippen LogP contribution is -2.09. The van der Waals surface area contributed by atoms with Gasteiger partial charge in [-0.05, 0) is 42.5 Å². The number of benzene rings is 3. The maximum absolute atomic E-state index is 6.53. The van der Waals surface area contributed by atoms with Crippen LogP contribution in [0.3, 0.4) is 0 Å². The maximum Gasteiger partial charge on any atom is 0.159 e. The molecule has 0 bridgehead atoms. The summed E-state index contributed by atoms with van der Waals surface area (Å²) in [6, 6.07) is 23.6. The molecule has 130 valence electrons. The van der Waals surface area contributed by atoms with E-state index in [2.05, 4.69) is 72.6 Å². The van der Waals surface area contributed by atoms with E-state index >= 15 is 0 Å². The number of fused-ring (bicyclic) bond motifs is 3. The molecular weight excluding hydrogens is 318 g/mol. The maximum atomic E-state index is 6.53. The van der Waals surface area contributed by atoms with Crippen molar-refractivity contribution in [1.82, 2.24) is 0 Å². The Labute approximate surface area is 154 Å². The van der Waals surface area contributed by atoms with Crippen molar-refractivity contribution in [2.75, 3.05) is 11.9 Å². The number of hydrogen-bond acceptors (Lipinski definition) is 2. The molecule has 3 aromatic carbocycles. The summed E-state index contributed by atoms with van der Waals surface area (Å²) in [5, 5.41) is 2.45. The minimum Gasteiger partial charge on any atom is -0.454 e. The molecule has 1 aliphatic carbocycles. The van der Waals surface area contributed by atoms with Gasteiger partial charge in [-0.2, -0.15) is 0 Å². The van der Waals surface area contributed by atoms with Gasteiger partial charge < -0.3 is 9.32 Å². The van der Waals surface area contributed by atoms with E-state index in [1.807, 2.05) is 6.07 Å². The molecule has 0 spiro atoms. The van der Waals surface area contributed by atoms with Crippen LogP contribution in [0, 0.1) is 0 Å². The number of hydrogen-bond donors (Lipinski definition) is 0. The molecule has 0 unspecified atom stereocenters. The molecule has 0 aliphatic heterocycles. The highest BCUT2D eigenvalue weighted by atomic mass is 16.3. The average molecular weight is 341 g/mol. The van der Waals surface area contributed by atoms with Crippen molar-refractivity contribution in [2.24, 2.45) is 0 Å². The van der Waals surface area contributed by atoms with E-state index in [1.54, 1.807) is 0 Å². The topological polar surface area (TPSA) is 16.4 Å². The van der Waals surface area contributed by atoms with Crippen molar-refractivity contribution in [3.05, 3.63) is 72.3 Å². The van der Waals surface area contributed by atoms with Gasteiger partial charge in [-0.1, -0.05) is 61.4 Å². The van der Waals surface area contributed by atoms with Crippen molar-refractivity contribution in [3.8, 4) is 0 Å². The van der Waals surface area contributed by atoms with Gasteiger partial charge in [0, 0.05) is 23.5 Å². The summed E-state index contributed by atoms with van der Waals surface area (Å²) in [5.41, 5.74) is 5.74. The summed E-state index contributed by atoms with van der Waals surface area (Å²) in [5.74, 6) is 0.648. The van der Waals surface area contributed by atoms with Gasteiger partial charge in [-0.25, -0.2) is 0 Å². The molecule has 0 saturated heterocycles. The van der Waals surface area contributed by atoms with Gasteiger partial charge in [-0.3, -0.25) is 0 Å². The quantitative estimate of drug-likeness (QED) is 0.398. The van der Waals surface area contributed by atoms with E-state index < -0.39 is 0 Å². The van der Waals surface area contributed by atoms with Crippen molar-refractivity contribution in [1.29, 1.82) is 0 Å². The first-order chi connectivity index (χ1) is 12.8. The highest BCUT2D eigenvalue weighted by Gasteiger charge is 2.22. The molecule has 5 rings (SSSR count). The first kappa shape index (κ1) is 15.5. The SMILES string of the molecule is CN(c1ccccc1)c1cccc2c1oc1c(C3CCCC3)cccc12. The Morgan fingerprint density at radius 1 is 0.769 bits per heavy atom. The Bertz CT molecular complexity index is 1060.